The van der Waals surface area contributed by atoms with Crippen LogP contribution in [0.2, 0.25) is 0 Å². The van der Waals surface area contributed by atoms with Crippen LogP contribution in [0.25, 0.3) is 0 Å². The predicted molar refractivity (Wildman–Crippen MR) is 54.3 cm³/mol. The van der Waals surface area contributed by atoms with Crippen molar-refractivity contribution in [2.45, 2.75) is 6.54 Å². The molecule has 3 nitrogen and oxygen atoms in total. The van der Waals surface area contributed by atoms with Crippen molar-refractivity contribution in [3.63, 3.8) is 0 Å². The molecule has 0 atom stereocenters. The third-order valence-electron chi connectivity index (χ3n) is 2.50. The van der Waals surface area contributed by atoms with Gasteiger partial charge in [0.25, 0.3) is 0 Å². The molecule has 1 aromatic carbocycles. The smallest absolute Gasteiger partial charge is 0.124 e. The Morgan fingerprint density at radius 1 is 1.47 bits per heavy atom. The summed E-state index contributed by atoms with van der Waals surface area (Å²) in [6, 6.07) is 4.55. The molecule has 0 amide bonds. The summed E-state index contributed by atoms with van der Waals surface area (Å²) in [4.78, 5) is 2.05. The van der Waals surface area contributed by atoms with Crippen molar-refractivity contribution >= 4 is 0 Å². The van der Waals surface area contributed by atoms with Crippen molar-refractivity contribution in [3.05, 3.63) is 29.6 Å². The maximum Gasteiger partial charge on any atom is 0.124 e. The highest BCUT2D eigenvalue weighted by molar-refractivity contribution is 5.34. The quantitative estimate of drug-likeness (QED) is 0.792. The highest BCUT2D eigenvalue weighted by atomic mass is 19.1. The molecule has 0 radical (unpaired) electrons. The molecule has 4 heteroatoms. The summed E-state index contributed by atoms with van der Waals surface area (Å²) in [6.07, 6.45) is 0. The summed E-state index contributed by atoms with van der Waals surface area (Å²) >= 11 is 0. The fourth-order valence-electron chi connectivity index (χ4n) is 1.75. The third-order valence-corrected chi connectivity index (χ3v) is 2.50. The first-order valence-electron chi connectivity index (χ1n) is 5.04. The molecule has 1 N–H and O–H groups in total. The number of ether oxygens (including phenoxy) is 1. The van der Waals surface area contributed by atoms with E-state index in [4.69, 9.17) is 9.84 Å². The van der Waals surface area contributed by atoms with E-state index in [0.29, 0.717) is 19.7 Å². The second kappa shape index (κ2) is 4.59. The molecule has 0 aromatic heterocycles. The van der Waals surface area contributed by atoms with Crippen LogP contribution in [0, 0.1) is 5.82 Å². The van der Waals surface area contributed by atoms with E-state index in [0.717, 1.165) is 17.9 Å². The maximum absolute atomic E-state index is 13.0. The minimum atomic E-state index is -0.247. The zero-order valence-corrected chi connectivity index (χ0v) is 8.45. The zero-order valence-electron chi connectivity index (χ0n) is 8.45. The second-order valence-corrected chi connectivity index (χ2v) is 3.60. The van der Waals surface area contributed by atoms with Crippen LogP contribution >= 0.6 is 0 Å². The van der Waals surface area contributed by atoms with Crippen LogP contribution in [0.5, 0.6) is 5.75 Å². The lowest BCUT2D eigenvalue weighted by Crippen LogP contribution is -2.28. The van der Waals surface area contributed by atoms with Gasteiger partial charge in [0.15, 0.2) is 0 Å². The third kappa shape index (κ3) is 2.46. The van der Waals surface area contributed by atoms with Crippen molar-refractivity contribution in [2.75, 3.05) is 26.3 Å². The van der Waals surface area contributed by atoms with Crippen LogP contribution in [0.3, 0.4) is 0 Å². The summed E-state index contributed by atoms with van der Waals surface area (Å²) in [5, 5.41) is 8.86. The van der Waals surface area contributed by atoms with Crippen LogP contribution in [-0.2, 0) is 6.54 Å². The van der Waals surface area contributed by atoms with Crippen molar-refractivity contribution in [3.8, 4) is 5.75 Å². The first-order valence-corrected chi connectivity index (χ1v) is 5.04. The maximum atomic E-state index is 13.0. The molecule has 1 aliphatic rings. The fourth-order valence-corrected chi connectivity index (χ4v) is 1.75. The lowest BCUT2D eigenvalue weighted by Gasteiger charge is -2.17. The van der Waals surface area contributed by atoms with Gasteiger partial charge >= 0.3 is 0 Å². The van der Waals surface area contributed by atoms with Gasteiger partial charge in [0.2, 0.25) is 0 Å². The highest BCUT2D eigenvalue weighted by Crippen LogP contribution is 2.23. The predicted octanol–water partition coefficient (Wildman–Crippen LogP) is 1.01. The fraction of sp³-hybridized carbons (Fsp3) is 0.455. The molecule has 0 bridgehead atoms. The lowest BCUT2D eigenvalue weighted by molar-refractivity contribution is 0.177. The Morgan fingerprint density at radius 2 is 2.33 bits per heavy atom. The van der Waals surface area contributed by atoms with Gasteiger partial charge in [-0.25, -0.2) is 4.39 Å². The first kappa shape index (κ1) is 10.4. The van der Waals surface area contributed by atoms with Gasteiger partial charge in [-0.2, -0.15) is 0 Å². The Bertz CT molecular complexity index is 343. The van der Waals surface area contributed by atoms with E-state index in [2.05, 4.69) is 0 Å². The lowest BCUT2D eigenvalue weighted by atomic mass is 10.2. The van der Waals surface area contributed by atoms with E-state index in [1.807, 2.05) is 4.90 Å². The molecule has 15 heavy (non-hydrogen) atoms. The van der Waals surface area contributed by atoms with Crippen molar-refractivity contribution < 1.29 is 14.2 Å². The van der Waals surface area contributed by atoms with Crippen molar-refractivity contribution in [2.24, 2.45) is 0 Å². The van der Waals surface area contributed by atoms with Crippen molar-refractivity contribution in [1.82, 2.24) is 4.90 Å². The molecule has 82 valence electrons. The van der Waals surface area contributed by atoms with E-state index in [-0.39, 0.29) is 12.4 Å². The van der Waals surface area contributed by atoms with Crippen molar-refractivity contribution in [1.29, 1.82) is 0 Å². The number of fused-ring (bicyclic) bond motifs is 1. The molecule has 0 aliphatic carbocycles. The van der Waals surface area contributed by atoms with E-state index in [1.54, 1.807) is 6.07 Å². The average Bonchev–Trinajstić information content (AvgIpc) is 2.39. The number of aliphatic hydroxyl groups is 1. The van der Waals surface area contributed by atoms with Gasteiger partial charge < -0.3 is 9.84 Å². The number of halogens is 1. The molecular weight excluding hydrogens is 197 g/mol. The largest absolute Gasteiger partial charge is 0.492 e. The minimum Gasteiger partial charge on any atom is -0.492 e. The molecule has 0 unspecified atom stereocenters. The Morgan fingerprint density at radius 3 is 3.13 bits per heavy atom. The monoisotopic (exact) mass is 211 g/mol. The van der Waals surface area contributed by atoms with Crippen LogP contribution in [-0.4, -0.2) is 36.3 Å². The summed E-state index contributed by atoms with van der Waals surface area (Å²) in [5.74, 6) is 0.500. The number of rotatable bonds is 2. The number of β-amino-alcohol motifs (C(OH)–C–C–N with tert-alkyl or cyclic N) is 1. The van der Waals surface area contributed by atoms with Gasteiger partial charge in [-0.05, 0) is 18.2 Å². The topological polar surface area (TPSA) is 32.7 Å². The van der Waals surface area contributed by atoms with Crippen LogP contribution < -0.4 is 4.74 Å². The van der Waals surface area contributed by atoms with E-state index in [9.17, 15) is 4.39 Å². The SMILES string of the molecule is OCCN1CCOc2ccc(F)cc2C1. The van der Waals surface area contributed by atoms with E-state index in [1.165, 1.54) is 12.1 Å². The number of hydrogen-bond acceptors (Lipinski definition) is 3. The summed E-state index contributed by atoms with van der Waals surface area (Å²) in [5.41, 5.74) is 0.848. The number of hydrogen-bond donors (Lipinski definition) is 1. The molecule has 0 spiro atoms. The summed E-state index contributed by atoms with van der Waals surface area (Å²) < 4.78 is 18.5. The normalized spacial score (nSPS) is 16.7. The van der Waals surface area contributed by atoms with Gasteiger partial charge in [-0.3, -0.25) is 4.90 Å². The summed E-state index contributed by atoms with van der Waals surface area (Å²) in [6.45, 7) is 2.69. The Hall–Kier alpha value is -1.13. The van der Waals surface area contributed by atoms with E-state index < -0.39 is 0 Å². The molecule has 1 heterocycles. The molecule has 0 saturated carbocycles. The average molecular weight is 211 g/mol. The van der Waals surface area contributed by atoms with Crippen LogP contribution in [0.15, 0.2) is 18.2 Å². The number of aliphatic hydroxyl groups excluding tert-OH is 1. The Balaban J connectivity index is 2.19. The molecule has 0 fully saturated rings. The number of benzene rings is 1. The van der Waals surface area contributed by atoms with Gasteiger partial charge in [-0.15, -0.1) is 0 Å². The van der Waals surface area contributed by atoms with Gasteiger partial charge in [0, 0.05) is 25.2 Å². The Kier molecular flexibility index (Phi) is 3.18. The standard InChI is InChI=1S/C11H14FNO2/c12-10-1-2-11-9(7-10)8-13(3-5-14)4-6-15-11/h1-2,7,14H,3-6,8H2. The molecule has 1 aliphatic heterocycles. The van der Waals surface area contributed by atoms with Crippen LogP contribution in [0.1, 0.15) is 5.56 Å². The zero-order chi connectivity index (χ0) is 10.7. The second-order valence-electron chi connectivity index (χ2n) is 3.60. The molecule has 2 rings (SSSR count). The van der Waals surface area contributed by atoms with E-state index >= 15 is 0 Å². The Labute approximate surface area is 88.1 Å². The molecular formula is C11H14FNO2. The van der Waals surface area contributed by atoms with Gasteiger partial charge in [0.05, 0.1) is 6.61 Å². The first-order chi connectivity index (χ1) is 7.29. The minimum absolute atomic E-state index is 0.116. The number of nitrogens with zero attached hydrogens (tertiary/aromatic N) is 1. The highest BCUT2D eigenvalue weighted by Gasteiger charge is 2.15. The molecule has 1 aromatic rings. The van der Waals surface area contributed by atoms with Gasteiger partial charge in [-0.1, -0.05) is 0 Å². The molecule has 0 saturated heterocycles. The van der Waals surface area contributed by atoms with Gasteiger partial charge in [0.1, 0.15) is 18.2 Å². The van der Waals surface area contributed by atoms with Crippen LogP contribution in [0.4, 0.5) is 4.39 Å². The summed E-state index contributed by atoms with van der Waals surface area (Å²) in [7, 11) is 0.